The van der Waals surface area contributed by atoms with Gasteiger partial charge in [-0.15, -0.1) is 22.7 Å². The first-order valence-electron chi connectivity index (χ1n) is 7.38. The fraction of sp³-hybridized carbons (Fsp3) is 0.0556. The highest BCUT2D eigenvalue weighted by Crippen LogP contribution is 2.30. The van der Waals surface area contributed by atoms with E-state index in [9.17, 15) is 4.79 Å². The zero-order valence-electron chi connectivity index (χ0n) is 12.8. The molecular weight excluding hydrogens is 338 g/mol. The second-order valence-corrected chi connectivity index (χ2v) is 7.37. The highest BCUT2D eigenvalue weighted by molar-refractivity contribution is 7.16. The smallest absolute Gasteiger partial charge is 0.257 e. The highest BCUT2D eigenvalue weighted by atomic mass is 32.1. The molecular formula is C18H13N3OS2. The van der Waals surface area contributed by atoms with Gasteiger partial charge in [0.2, 0.25) is 0 Å². The molecule has 0 aliphatic heterocycles. The first-order chi connectivity index (χ1) is 11.7. The van der Waals surface area contributed by atoms with E-state index in [0.29, 0.717) is 10.7 Å². The van der Waals surface area contributed by atoms with Crippen LogP contribution in [0.25, 0.3) is 21.5 Å². The summed E-state index contributed by atoms with van der Waals surface area (Å²) in [6.45, 7) is 2.01. The van der Waals surface area contributed by atoms with Crippen LogP contribution in [-0.2, 0) is 0 Å². The number of hydrogen-bond donors (Lipinski definition) is 1. The maximum absolute atomic E-state index is 12.5. The van der Waals surface area contributed by atoms with Crippen molar-refractivity contribution < 1.29 is 4.79 Å². The van der Waals surface area contributed by atoms with Crippen molar-refractivity contribution in [2.24, 2.45) is 0 Å². The predicted octanol–water partition coefficient (Wildman–Crippen LogP) is 4.98. The molecule has 0 saturated heterocycles. The molecule has 2 aromatic heterocycles. The van der Waals surface area contributed by atoms with Crippen molar-refractivity contribution >= 4 is 43.9 Å². The highest BCUT2D eigenvalue weighted by Gasteiger charge is 2.13. The lowest BCUT2D eigenvalue weighted by Gasteiger charge is -2.01. The van der Waals surface area contributed by atoms with Crippen LogP contribution >= 0.6 is 22.7 Å². The summed E-state index contributed by atoms with van der Waals surface area (Å²) in [5.41, 5.74) is 5.27. The van der Waals surface area contributed by atoms with E-state index >= 15 is 0 Å². The number of rotatable bonds is 3. The van der Waals surface area contributed by atoms with Gasteiger partial charge in [-0.2, -0.15) is 0 Å². The topological polar surface area (TPSA) is 54.9 Å². The molecule has 4 nitrogen and oxygen atoms in total. The lowest BCUT2D eigenvalue weighted by atomic mass is 10.1. The summed E-state index contributed by atoms with van der Waals surface area (Å²) in [6, 6.07) is 15.5. The number of benzene rings is 2. The SMILES string of the molecule is Cc1sc(NC(=O)c2ccc3ncsc3c2)nc1-c1ccccc1. The largest absolute Gasteiger partial charge is 0.298 e. The third-order valence-electron chi connectivity index (χ3n) is 3.66. The Kier molecular flexibility index (Phi) is 3.84. The number of nitrogens with zero attached hydrogens (tertiary/aromatic N) is 2. The molecule has 0 fully saturated rings. The van der Waals surface area contributed by atoms with Crippen molar-refractivity contribution in [1.82, 2.24) is 9.97 Å². The molecule has 0 unspecified atom stereocenters. The number of anilines is 1. The molecule has 1 amide bonds. The number of thiazole rings is 2. The normalized spacial score (nSPS) is 10.9. The molecule has 2 heterocycles. The monoisotopic (exact) mass is 351 g/mol. The molecule has 0 atom stereocenters. The fourth-order valence-corrected chi connectivity index (χ4v) is 4.03. The Morgan fingerprint density at radius 1 is 1.12 bits per heavy atom. The zero-order valence-corrected chi connectivity index (χ0v) is 14.4. The number of amides is 1. The number of fused-ring (bicyclic) bond motifs is 1. The summed E-state index contributed by atoms with van der Waals surface area (Å²) in [7, 11) is 0. The van der Waals surface area contributed by atoms with Gasteiger partial charge < -0.3 is 0 Å². The van der Waals surface area contributed by atoms with Crippen LogP contribution < -0.4 is 5.32 Å². The molecule has 1 N–H and O–H groups in total. The molecule has 4 aromatic rings. The van der Waals surface area contributed by atoms with E-state index in [-0.39, 0.29) is 5.91 Å². The van der Waals surface area contributed by atoms with Crippen molar-refractivity contribution in [3.63, 3.8) is 0 Å². The molecule has 6 heteroatoms. The van der Waals surface area contributed by atoms with E-state index < -0.39 is 0 Å². The average Bonchev–Trinajstić information content (AvgIpc) is 3.21. The van der Waals surface area contributed by atoms with E-state index in [1.165, 1.54) is 22.7 Å². The summed E-state index contributed by atoms with van der Waals surface area (Å²) >= 11 is 3.01. The molecule has 118 valence electrons. The Balaban J connectivity index is 1.60. The van der Waals surface area contributed by atoms with Gasteiger partial charge in [0.05, 0.1) is 21.4 Å². The Bertz CT molecular complexity index is 1020. The van der Waals surface area contributed by atoms with Crippen molar-refractivity contribution in [3.05, 3.63) is 64.5 Å². The van der Waals surface area contributed by atoms with Crippen LogP contribution in [-0.4, -0.2) is 15.9 Å². The third kappa shape index (κ3) is 2.81. The van der Waals surface area contributed by atoms with Gasteiger partial charge in [0.25, 0.3) is 5.91 Å². The predicted molar refractivity (Wildman–Crippen MR) is 99.9 cm³/mol. The minimum atomic E-state index is -0.154. The lowest BCUT2D eigenvalue weighted by molar-refractivity contribution is 0.102. The maximum atomic E-state index is 12.5. The van der Waals surface area contributed by atoms with E-state index in [0.717, 1.165) is 26.4 Å². The summed E-state index contributed by atoms with van der Waals surface area (Å²) in [5.74, 6) is -0.154. The van der Waals surface area contributed by atoms with E-state index in [1.54, 1.807) is 11.6 Å². The van der Waals surface area contributed by atoms with Gasteiger partial charge in [-0.3, -0.25) is 10.1 Å². The second-order valence-electron chi connectivity index (χ2n) is 5.28. The van der Waals surface area contributed by atoms with Gasteiger partial charge in [0, 0.05) is 16.0 Å². The lowest BCUT2D eigenvalue weighted by Crippen LogP contribution is -2.11. The van der Waals surface area contributed by atoms with Gasteiger partial charge in [0.1, 0.15) is 0 Å². The summed E-state index contributed by atoms with van der Waals surface area (Å²) in [6.07, 6.45) is 0. The quantitative estimate of drug-likeness (QED) is 0.566. The Hall–Kier alpha value is -2.57. The molecule has 0 spiro atoms. The van der Waals surface area contributed by atoms with Crippen molar-refractivity contribution in [3.8, 4) is 11.3 Å². The standard InChI is InChI=1S/C18H13N3OS2/c1-11-16(12-5-3-2-4-6-12)20-18(24-11)21-17(22)13-7-8-14-15(9-13)23-10-19-14/h2-10H,1H3,(H,20,21,22). The number of nitrogens with one attached hydrogen (secondary N) is 1. The summed E-state index contributed by atoms with van der Waals surface area (Å²) in [4.78, 5) is 22.4. The van der Waals surface area contributed by atoms with E-state index in [2.05, 4.69) is 15.3 Å². The zero-order chi connectivity index (χ0) is 16.5. The van der Waals surface area contributed by atoms with E-state index in [4.69, 9.17) is 0 Å². The summed E-state index contributed by atoms with van der Waals surface area (Å²) in [5, 5.41) is 3.51. The Morgan fingerprint density at radius 3 is 2.79 bits per heavy atom. The molecule has 0 aliphatic rings. The van der Waals surface area contributed by atoms with Crippen LogP contribution in [0.3, 0.4) is 0 Å². The average molecular weight is 351 g/mol. The van der Waals surface area contributed by atoms with Gasteiger partial charge in [-0.05, 0) is 25.1 Å². The first kappa shape index (κ1) is 15.0. The molecule has 4 rings (SSSR count). The van der Waals surface area contributed by atoms with Crippen LogP contribution in [0.5, 0.6) is 0 Å². The van der Waals surface area contributed by atoms with Gasteiger partial charge >= 0.3 is 0 Å². The molecule has 0 radical (unpaired) electrons. The van der Waals surface area contributed by atoms with Crippen LogP contribution in [0.1, 0.15) is 15.2 Å². The van der Waals surface area contributed by atoms with Gasteiger partial charge in [-0.25, -0.2) is 9.97 Å². The summed E-state index contributed by atoms with van der Waals surface area (Å²) < 4.78 is 1.00. The van der Waals surface area contributed by atoms with Crippen LogP contribution in [0.2, 0.25) is 0 Å². The van der Waals surface area contributed by atoms with Crippen LogP contribution in [0, 0.1) is 6.92 Å². The molecule has 0 bridgehead atoms. The number of carbonyl (C=O) groups excluding carboxylic acids is 1. The first-order valence-corrected chi connectivity index (χ1v) is 9.08. The van der Waals surface area contributed by atoms with Gasteiger partial charge in [0.15, 0.2) is 5.13 Å². The Morgan fingerprint density at radius 2 is 1.96 bits per heavy atom. The molecule has 24 heavy (non-hydrogen) atoms. The number of carbonyl (C=O) groups is 1. The maximum Gasteiger partial charge on any atom is 0.257 e. The number of aryl methyl sites for hydroxylation is 1. The number of hydrogen-bond acceptors (Lipinski definition) is 5. The number of aromatic nitrogens is 2. The van der Waals surface area contributed by atoms with Crippen molar-refractivity contribution in [2.75, 3.05) is 5.32 Å². The van der Waals surface area contributed by atoms with E-state index in [1.807, 2.05) is 49.4 Å². The third-order valence-corrected chi connectivity index (χ3v) is 5.34. The molecule has 0 aliphatic carbocycles. The van der Waals surface area contributed by atoms with Crippen LogP contribution in [0.4, 0.5) is 5.13 Å². The molecule has 2 aromatic carbocycles. The van der Waals surface area contributed by atoms with Gasteiger partial charge in [-0.1, -0.05) is 30.3 Å². The second kappa shape index (κ2) is 6.14. The minimum Gasteiger partial charge on any atom is -0.298 e. The van der Waals surface area contributed by atoms with Crippen molar-refractivity contribution in [1.29, 1.82) is 0 Å². The fourth-order valence-electron chi connectivity index (χ4n) is 2.48. The Labute approximate surface area is 146 Å². The van der Waals surface area contributed by atoms with Crippen LogP contribution in [0.15, 0.2) is 54.0 Å². The van der Waals surface area contributed by atoms with Crippen molar-refractivity contribution in [2.45, 2.75) is 6.92 Å². The minimum absolute atomic E-state index is 0.154. The molecule has 0 saturated carbocycles.